The molecule has 1 aliphatic carbocycles. The van der Waals surface area contributed by atoms with Crippen molar-refractivity contribution in [3.8, 4) is 0 Å². The zero-order valence-corrected chi connectivity index (χ0v) is 12.7. The summed E-state index contributed by atoms with van der Waals surface area (Å²) < 4.78 is 5.10. The molecule has 0 aromatic carbocycles. The Bertz CT molecular complexity index is 332. The fourth-order valence-corrected chi connectivity index (χ4v) is 1.88. The lowest BCUT2D eigenvalue weighted by atomic mass is 10.2. The largest absolute Gasteiger partial charge is 0.444 e. The Morgan fingerprint density at radius 1 is 1.37 bits per heavy atom. The Kier molecular flexibility index (Phi) is 5.20. The van der Waals surface area contributed by atoms with Crippen molar-refractivity contribution >= 4 is 12.0 Å². The molecule has 2 amide bonds. The maximum absolute atomic E-state index is 11.9. The van der Waals surface area contributed by atoms with Crippen LogP contribution in [0.1, 0.15) is 47.0 Å². The molecule has 110 valence electrons. The molecule has 1 aliphatic rings. The molecule has 1 N–H and O–H groups in total. The second kappa shape index (κ2) is 6.26. The van der Waals surface area contributed by atoms with E-state index in [0.29, 0.717) is 24.9 Å². The second-order valence-corrected chi connectivity index (χ2v) is 6.26. The van der Waals surface area contributed by atoms with Gasteiger partial charge in [0.2, 0.25) is 5.91 Å². The van der Waals surface area contributed by atoms with Crippen molar-refractivity contribution in [2.75, 3.05) is 13.6 Å². The Morgan fingerprint density at radius 3 is 2.42 bits per heavy atom. The molecular formula is C14H26N2O3. The number of hydrogen-bond donors (Lipinski definition) is 1. The molecule has 1 fully saturated rings. The Hall–Kier alpha value is -1.26. The highest BCUT2D eigenvalue weighted by Crippen LogP contribution is 2.34. The molecule has 19 heavy (non-hydrogen) atoms. The molecule has 0 bridgehead atoms. The number of ether oxygens (including phenoxy) is 1. The van der Waals surface area contributed by atoms with E-state index in [4.69, 9.17) is 4.74 Å². The Balaban J connectivity index is 2.21. The third-order valence-corrected chi connectivity index (χ3v) is 3.32. The molecule has 0 aromatic rings. The molecule has 5 nitrogen and oxygen atoms in total. The highest BCUT2D eigenvalue weighted by Gasteiger charge is 2.32. The van der Waals surface area contributed by atoms with Crippen LogP contribution in [0.2, 0.25) is 0 Å². The predicted octanol–water partition coefficient (Wildman–Crippen LogP) is 2.16. The number of carbonyl (C=O) groups is 2. The molecule has 0 heterocycles. The Morgan fingerprint density at radius 2 is 1.95 bits per heavy atom. The fourth-order valence-electron chi connectivity index (χ4n) is 1.88. The summed E-state index contributed by atoms with van der Waals surface area (Å²) in [4.78, 5) is 25.1. The second-order valence-electron chi connectivity index (χ2n) is 6.26. The lowest BCUT2D eigenvalue weighted by Crippen LogP contribution is -2.39. The van der Waals surface area contributed by atoms with Gasteiger partial charge in [-0.05, 0) is 46.5 Å². The Labute approximate surface area is 115 Å². The summed E-state index contributed by atoms with van der Waals surface area (Å²) in [5.41, 5.74) is -0.509. The smallest absolute Gasteiger partial charge is 0.407 e. The number of nitrogens with zero attached hydrogens (tertiary/aromatic N) is 1. The van der Waals surface area contributed by atoms with Crippen molar-refractivity contribution in [2.24, 2.45) is 5.92 Å². The van der Waals surface area contributed by atoms with Crippen molar-refractivity contribution in [1.82, 2.24) is 10.2 Å². The summed E-state index contributed by atoms with van der Waals surface area (Å²) in [5.74, 6) is 0.725. The monoisotopic (exact) mass is 270 g/mol. The summed E-state index contributed by atoms with van der Waals surface area (Å²) >= 11 is 0. The molecule has 1 rings (SSSR count). The molecule has 0 saturated heterocycles. The molecule has 0 radical (unpaired) electrons. The lowest BCUT2D eigenvalue weighted by Gasteiger charge is -2.25. The number of nitrogens with one attached hydrogen (secondary N) is 1. The number of carbonyl (C=O) groups excluding carboxylic acids is 2. The van der Waals surface area contributed by atoms with Crippen molar-refractivity contribution in [3.05, 3.63) is 0 Å². The van der Waals surface area contributed by atoms with Crippen molar-refractivity contribution in [1.29, 1.82) is 0 Å². The van der Waals surface area contributed by atoms with Crippen LogP contribution in [0.25, 0.3) is 0 Å². The summed E-state index contributed by atoms with van der Waals surface area (Å²) in [6.07, 6.45) is 2.27. The molecule has 1 atom stereocenters. The van der Waals surface area contributed by atoms with Gasteiger partial charge in [-0.1, -0.05) is 0 Å². The summed E-state index contributed by atoms with van der Waals surface area (Å²) in [6, 6.07) is 0.300. The van der Waals surface area contributed by atoms with Crippen LogP contribution in [-0.2, 0) is 9.53 Å². The predicted molar refractivity (Wildman–Crippen MR) is 73.8 cm³/mol. The number of alkyl carbamates (subject to hydrolysis) is 1. The number of rotatable bonds is 5. The maximum atomic E-state index is 11.9. The van der Waals surface area contributed by atoms with Crippen molar-refractivity contribution < 1.29 is 14.3 Å². The third-order valence-electron chi connectivity index (χ3n) is 3.32. The zero-order chi connectivity index (χ0) is 14.6. The van der Waals surface area contributed by atoms with Crippen LogP contribution in [0.15, 0.2) is 0 Å². The molecule has 0 aromatic heterocycles. The standard InChI is InChI=1S/C14H26N2O3/c1-10(11-6-7-11)16(5)12(17)8-9-15-13(18)19-14(2,3)4/h10-11H,6-9H2,1-5H3,(H,15,18). The minimum Gasteiger partial charge on any atom is -0.444 e. The van der Waals surface area contributed by atoms with Crippen LogP contribution < -0.4 is 5.32 Å². The molecule has 1 unspecified atom stereocenters. The van der Waals surface area contributed by atoms with Gasteiger partial charge >= 0.3 is 6.09 Å². The van der Waals surface area contributed by atoms with Gasteiger partial charge in [0.05, 0.1) is 0 Å². The van der Waals surface area contributed by atoms with Crippen LogP contribution in [0.4, 0.5) is 4.79 Å². The number of hydrogen-bond acceptors (Lipinski definition) is 3. The normalized spacial score (nSPS) is 16.7. The van der Waals surface area contributed by atoms with Gasteiger partial charge in [0.1, 0.15) is 5.60 Å². The topological polar surface area (TPSA) is 58.6 Å². The zero-order valence-electron chi connectivity index (χ0n) is 12.7. The quantitative estimate of drug-likeness (QED) is 0.833. The minimum absolute atomic E-state index is 0.0652. The molecule has 1 saturated carbocycles. The van der Waals surface area contributed by atoms with Gasteiger partial charge in [-0.2, -0.15) is 0 Å². The van der Waals surface area contributed by atoms with E-state index in [-0.39, 0.29) is 5.91 Å². The van der Waals surface area contributed by atoms with Gasteiger partial charge in [0.15, 0.2) is 0 Å². The van der Waals surface area contributed by atoms with E-state index in [1.807, 2.05) is 27.8 Å². The average Bonchev–Trinajstić information content (AvgIpc) is 3.08. The SMILES string of the molecule is CC(C1CC1)N(C)C(=O)CCNC(=O)OC(C)(C)C. The van der Waals surface area contributed by atoms with E-state index in [1.165, 1.54) is 12.8 Å². The lowest BCUT2D eigenvalue weighted by molar-refractivity contribution is -0.131. The molecular weight excluding hydrogens is 244 g/mol. The summed E-state index contributed by atoms with van der Waals surface area (Å²) in [7, 11) is 1.83. The molecule has 0 spiro atoms. The van der Waals surface area contributed by atoms with Gasteiger partial charge in [-0.25, -0.2) is 4.79 Å². The van der Waals surface area contributed by atoms with E-state index in [0.717, 1.165) is 0 Å². The van der Waals surface area contributed by atoms with Crippen molar-refractivity contribution in [2.45, 2.75) is 58.6 Å². The van der Waals surface area contributed by atoms with Crippen LogP contribution in [0.5, 0.6) is 0 Å². The van der Waals surface area contributed by atoms with Crippen LogP contribution in [0.3, 0.4) is 0 Å². The van der Waals surface area contributed by atoms with Gasteiger partial charge in [0, 0.05) is 26.1 Å². The van der Waals surface area contributed by atoms with E-state index in [1.54, 1.807) is 4.90 Å². The third kappa shape index (κ3) is 5.94. The highest BCUT2D eigenvalue weighted by molar-refractivity contribution is 5.77. The van der Waals surface area contributed by atoms with Crippen LogP contribution in [0, 0.1) is 5.92 Å². The first-order chi connectivity index (χ1) is 8.70. The van der Waals surface area contributed by atoms with E-state index >= 15 is 0 Å². The van der Waals surface area contributed by atoms with Gasteiger partial charge < -0.3 is 15.0 Å². The highest BCUT2D eigenvalue weighted by atomic mass is 16.6. The first-order valence-electron chi connectivity index (χ1n) is 6.93. The fraction of sp³-hybridized carbons (Fsp3) is 0.857. The molecule has 0 aliphatic heterocycles. The van der Waals surface area contributed by atoms with E-state index in [2.05, 4.69) is 12.2 Å². The van der Waals surface area contributed by atoms with Crippen molar-refractivity contribution in [3.63, 3.8) is 0 Å². The van der Waals surface area contributed by atoms with Crippen LogP contribution >= 0.6 is 0 Å². The molecule has 5 heteroatoms. The first kappa shape index (κ1) is 15.8. The van der Waals surface area contributed by atoms with E-state index < -0.39 is 11.7 Å². The van der Waals surface area contributed by atoms with Gasteiger partial charge in [-0.15, -0.1) is 0 Å². The first-order valence-corrected chi connectivity index (χ1v) is 6.93. The van der Waals surface area contributed by atoms with Gasteiger partial charge in [-0.3, -0.25) is 4.79 Å². The van der Waals surface area contributed by atoms with E-state index in [9.17, 15) is 9.59 Å². The van der Waals surface area contributed by atoms with Crippen LogP contribution in [-0.4, -0.2) is 42.1 Å². The van der Waals surface area contributed by atoms with Gasteiger partial charge in [0.25, 0.3) is 0 Å². The summed E-state index contributed by atoms with van der Waals surface area (Å²) in [5, 5.41) is 2.60. The minimum atomic E-state index is -0.509. The average molecular weight is 270 g/mol. The number of amides is 2. The maximum Gasteiger partial charge on any atom is 0.407 e. The summed E-state index contributed by atoms with van der Waals surface area (Å²) in [6.45, 7) is 7.82.